The summed E-state index contributed by atoms with van der Waals surface area (Å²) in [7, 11) is -4.41. The molecule has 0 heterocycles. The van der Waals surface area contributed by atoms with Gasteiger partial charge in [0.25, 0.3) is 10.1 Å². The second-order valence-electron chi connectivity index (χ2n) is 7.02. The molecular weight excluding hydrogens is 424 g/mol. The van der Waals surface area contributed by atoms with Crippen LogP contribution in [0.15, 0.2) is 112 Å². The number of anilines is 3. The van der Waals surface area contributed by atoms with E-state index in [0.29, 0.717) is 28.2 Å². The Balaban J connectivity index is 1.56. The minimum absolute atomic E-state index is 0.220. The van der Waals surface area contributed by atoms with Crippen LogP contribution in [0.4, 0.5) is 28.4 Å². The maximum atomic E-state index is 11.7. The molecule has 4 aromatic rings. The average Bonchev–Trinajstić information content (AvgIpc) is 2.79. The number of nitrogen functional groups attached to an aromatic ring is 1. The Hall–Kier alpha value is -4.01. The molecule has 0 fully saturated rings. The third-order valence-electron chi connectivity index (χ3n) is 4.65. The zero-order chi connectivity index (χ0) is 22.6. The van der Waals surface area contributed by atoms with E-state index >= 15 is 0 Å². The molecule has 32 heavy (non-hydrogen) atoms. The van der Waals surface area contributed by atoms with Gasteiger partial charge < -0.3 is 11.1 Å². The zero-order valence-electron chi connectivity index (χ0n) is 16.9. The quantitative estimate of drug-likeness (QED) is 0.182. The van der Waals surface area contributed by atoms with Crippen LogP contribution in [0.1, 0.15) is 0 Å². The Morgan fingerprint density at radius 2 is 1.41 bits per heavy atom. The number of hydrogen-bond donors (Lipinski definition) is 3. The number of nitrogens with two attached hydrogens (primary N) is 1. The van der Waals surface area contributed by atoms with Crippen LogP contribution in [0.2, 0.25) is 0 Å². The molecule has 0 unspecified atom stereocenters. The summed E-state index contributed by atoms with van der Waals surface area (Å²) < 4.78 is 33.0. The molecule has 0 amide bonds. The maximum absolute atomic E-state index is 11.7. The molecule has 160 valence electrons. The number of benzene rings is 4. The summed E-state index contributed by atoms with van der Waals surface area (Å²) in [5.41, 5.74) is 10.1. The van der Waals surface area contributed by atoms with Gasteiger partial charge in [-0.25, -0.2) is 0 Å². The van der Waals surface area contributed by atoms with E-state index in [1.165, 1.54) is 18.2 Å². The Bertz CT molecular complexity index is 1370. The van der Waals surface area contributed by atoms with E-state index in [0.717, 1.165) is 11.4 Å². The third kappa shape index (κ3) is 5.18. The summed E-state index contributed by atoms with van der Waals surface area (Å²) in [6, 6.07) is 28.4. The van der Waals surface area contributed by atoms with Gasteiger partial charge in [0.05, 0.1) is 11.4 Å². The van der Waals surface area contributed by atoms with Crippen LogP contribution < -0.4 is 11.1 Å². The van der Waals surface area contributed by atoms with E-state index in [2.05, 4.69) is 15.5 Å². The molecule has 0 saturated carbocycles. The van der Waals surface area contributed by atoms with E-state index in [1.807, 2.05) is 54.6 Å². The Kier molecular flexibility index (Phi) is 5.98. The lowest BCUT2D eigenvalue weighted by Gasteiger charge is -2.09. The molecule has 8 heteroatoms. The van der Waals surface area contributed by atoms with Gasteiger partial charge in [0.15, 0.2) is 0 Å². The zero-order valence-corrected chi connectivity index (χ0v) is 17.7. The van der Waals surface area contributed by atoms with Crippen LogP contribution in [-0.2, 0) is 10.1 Å². The lowest BCUT2D eigenvalue weighted by molar-refractivity contribution is 0.483. The molecule has 0 aliphatic heterocycles. The molecule has 4 N–H and O–H groups in total. The maximum Gasteiger partial charge on any atom is 0.295 e. The molecular formula is C24H20N4O3S. The largest absolute Gasteiger partial charge is 0.399 e. The fraction of sp³-hybridized carbons (Fsp3) is 0. The van der Waals surface area contributed by atoms with Crippen LogP contribution in [0.5, 0.6) is 0 Å². The summed E-state index contributed by atoms with van der Waals surface area (Å²) in [6.45, 7) is 0. The lowest BCUT2D eigenvalue weighted by atomic mass is 10.0. The standard InChI is InChI=1S/C24H20N4O3S/c25-18-9-14-24(32(29,30)31)23(16-18)17-5-4-8-22(15-17)28-27-21-12-10-20(11-13-21)26-19-6-2-1-3-7-19/h1-16,26H,25H2,(H,29,30,31). The van der Waals surface area contributed by atoms with Crippen LogP contribution in [-0.4, -0.2) is 13.0 Å². The van der Waals surface area contributed by atoms with Gasteiger partial charge >= 0.3 is 0 Å². The summed E-state index contributed by atoms with van der Waals surface area (Å²) in [4.78, 5) is -0.220. The van der Waals surface area contributed by atoms with Crippen molar-refractivity contribution in [1.29, 1.82) is 0 Å². The normalized spacial score (nSPS) is 11.5. The van der Waals surface area contributed by atoms with Crippen molar-refractivity contribution in [2.75, 3.05) is 11.1 Å². The number of hydrogen-bond acceptors (Lipinski definition) is 6. The summed E-state index contributed by atoms with van der Waals surface area (Å²) >= 11 is 0. The van der Waals surface area contributed by atoms with Crippen molar-refractivity contribution < 1.29 is 13.0 Å². The molecule has 0 atom stereocenters. The van der Waals surface area contributed by atoms with Crippen molar-refractivity contribution in [3.63, 3.8) is 0 Å². The van der Waals surface area contributed by atoms with Crippen LogP contribution in [0, 0.1) is 0 Å². The van der Waals surface area contributed by atoms with Gasteiger partial charge in [0.2, 0.25) is 0 Å². The highest BCUT2D eigenvalue weighted by molar-refractivity contribution is 7.86. The predicted molar refractivity (Wildman–Crippen MR) is 126 cm³/mol. The van der Waals surface area contributed by atoms with E-state index in [9.17, 15) is 13.0 Å². The van der Waals surface area contributed by atoms with Crippen molar-refractivity contribution >= 4 is 38.6 Å². The lowest BCUT2D eigenvalue weighted by Crippen LogP contribution is -2.01. The molecule has 4 rings (SSSR count). The molecule has 0 radical (unpaired) electrons. The number of nitrogens with one attached hydrogen (secondary N) is 1. The van der Waals surface area contributed by atoms with Crippen LogP contribution in [0.3, 0.4) is 0 Å². The first-order valence-electron chi connectivity index (χ1n) is 9.70. The van der Waals surface area contributed by atoms with Gasteiger partial charge in [0.1, 0.15) is 4.90 Å². The number of para-hydroxylation sites is 1. The van der Waals surface area contributed by atoms with Gasteiger partial charge in [-0.15, -0.1) is 0 Å². The number of nitrogens with zero attached hydrogens (tertiary/aromatic N) is 2. The first-order valence-corrected chi connectivity index (χ1v) is 11.1. The van der Waals surface area contributed by atoms with E-state index in [1.54, 1.807) is 24.3 Å². The number of azo groups is 1. The van der Waals surface area contributed by atoms with E-state index in [4.69, 9.17) is 5.73 Å². The van der Waals surface area contributed by atoms with Crippen LogP contribution in [0.25, 0.3) is 11.1 Å². The van der Waals surface area contributed by atoms with Crippen molar-refractivity contribution in [3.8, 4) is 11.1 Å². The SMILES string of the molecule is Nc1ccc(S(=O)(=O)O)c(-c2cccc(N=Nc3ccc(Nc4ccccc4)cc3)c2)c1. The summed E-state index contributed by atoms with van der Waals surface area (Å²) in [5, 5.41) is 11.8. The summed E-state index contributed by atoms with van der Waals surface area (Å²) in [5.74, 6) is 0. The van der Waals surface area contributed by atoms with Gasteiger partial charge in [-0.05, 0) is 72.3 Å². The van der Waals surface area contributed by atoms with E-state index < -0.39 is 10.1 Å². The Morgan fingerprint density at radius 3 is 2.12 bits per heavy atom. The minimum Gasteiger partial charge on any atom is -0.399 e. The van der Waals surface area contributed by atoms with Crippen molar-refractivity contribution in [2.24, 2.45) is 10.2 Å². The highest BCUT2D eigenvalue weighted by Crippen LogP contribution is 2.32. The fourth-order valence-corrected chi connectivity index (χ4v) is 3.84. The molecule has 0 saturated heterocycles. The molecule has 0 spiro atoms. The highest BCUT2D eigenvalue weighted by Gasteiger charge is 2.17. The smallest absolute Gasteiger partial charge is 0.295 e. The van der Waals surface area contributed by atoms with Gasteiger partial charge in [-0.2, -0.15) is 18.6 Å². The van der Waals surface area contributed by atoms with Gasteiger partial charge in [-0.3, -0.25) is 4.55 Å². The highest BCUT2D eigenvalue weighted by atomic mass is 32.2. The molecule has 0 bridgehead atoms. The monoisotopic (exact) mass is 444 g/mol. The van der Waals surface area contributed by atoms with Gasteiger partial charge in [0, 0.05) is 22.6 Å². The molecule has 4 aromatic carbocycles. The second kappa shape index (κ2) is 9.01. The Labute approximate surface area is 186 Å². The first-order chi connectivity index (χ1) is 15.4. The van der Waals surface area contributed by atoms with Crippen molar-refractivity contribution in [3.05, 3.63) is 97.1 Å². The number of rotatable bonds is 6. The molecule has 7 nitrogen and oxygen atoms in total. The van der Waals surface area contributed by atoms with Gasteiger partial charge in [-0.1, -0.05) is 30.3 Å². The molecule has 0 aromatic heterocycles. The molecule has 0 aliphatic rings. The second-order valence-corrected chi connectivity index (χ2v) is 8.41. The third-order valence-corrected chi connectivity index (χ3v) is 5.56. The Morgan fingerprint density at radius 1 is 0.719 bits per heavy atom. The summed E-state index contributed by atoms with van der Waals surface area (Å²) in [6.07, 6.45) is 0. The van der Waals surface area contributed by atoms with Crippen molar-refractivity contribution in [2.45, 2.75) is 4.90 Å². The van der Waals surface area contributed by atoms with E-state index in [-0.39, 0.29) is 4.90 Å². The molecule has 0 aliphatic carbocycles. The first kappa shape index (κ1) is 21.2. The minimum atomic E-state index is -4.41. The van der Waals surface area contributed by atoms with Crippen LogP contribution >= 0.6 is 0 Å². The van der Waals surface area contributed by atoms with Crippen molar-refractivity contribution in [1.82, 2.24) is 0 Å². The predicted octanol–water partition coefficient (Wildman–Crippen LogP) is 6.34. The topological polar surface area (TPSA) is 117 Å². The fourth-order valence-electron chi connectivity index (χ4n) is 3.15. The average molecular weight is 445 g/mol.